The van der Waals surface area contributed by atoms with E-state index in [0.717, 1.165) is 0 Å². The summed E-state index contributed by atoms with van der Waals surface area (Å²) < 4.78 is 37.4. The SMILES string of the molecule is CCC(CC(C)(CC)C(=O)O)C(F)(F)F. The highest BCUT2D eigenvalue weighted by atomic mass is 19.4. The third-order valence-electron chi connectivity index (χ3n) is 2.95. The van der Waals surface area contributed by atoms with Crippen LogP contribution in [0.1, 0.15) is 40.0 Å². The molecule has 0 spiro atoms. The standard InChI is InChI=1S/C10H17F3O2/c1-4-7(10(11,12)13)6-9(3,5-2)8(14)15/h7H,4-6H2,1-3H3,(H,14,15). The smallest absolute Gasteiger partial charge is 0.391 e. The molecule has 0 aliphatic rings. The number of carbonyl (C=O) groups is 1. The van der Waals surface area contributed by atoms with Gasteiger partial charge < -0.3 is 5.11 Å². The number of hydrogen-bond acceptors (Lipinski definition) is 1. The quantitative estimate of drug-likeness (QED) is 0.779. The van der Waals surface area contributed by atoms with Crippen LogP contribution in [0.4, 0.5) is 13.2 Å². The van der Waals surface area contributed by atoms with Crippen molar-refractivity contribution in [2.45, 2.75) is 46.2 Å². The van der Waals surface area contributed by atoms with Crippen molar-refractivity contribution in [1.29, 1.82) is 0 Å². The first-order valence-corrected chi connectivity index (χ1v) is 4.97. The van der Waals surface area contributed by atoms with Crippen LogP contribution in [0.15, 0.2) is 0 Å². The molecule has 0 fully saturated rings. The summed E-state index contributed by atoms with van der Waals surface area (Å²) in [6, 6.07) is 0. The Morgan fingerprint density at radius 2 is 1.80 bits per heavy atom. The monoisotopic (exact) mass is 226 g/mol. The predicted molar refractivity (Wildman–Crippen MR) is 50.5 cm³/mol. The molecule has 0 aliphatic carbocycles. The van der Waals surface area contributed by atoms with Gasteiger partial charge in [-0.1, -0.05) is 13.8 Å². The number of aliphatic carboxylic acids is 1. The highest BCUT2D eigenvalue weighted by molar-refractivity contribution is 5.74. The summed E-state index contributed by atoms with van der Waals surface area (Å²) in [6.07, 6.45) is -4.53. The Bertz CT molecular complexity index is 225. The second-order valence-electron chi connectivity index (χ2n) is 4.07. The van der Waals surface area contributed by atoms with E-state index in [2.05, 4.69) is 0 Å². The first-order valence-electron chi connectivity index (χ1n) is 4.97. The molecule has 0 aromatic carbocycles. The molecular formula is C10H17F3O2. The van der Waals surface area contributed by atoms with Crippen LogP contribution in [-0.4, -0.2) is 17.3 Å². The van der Waals surface area contributed by atoms with Crippen LogP contribution in [0.2, 0.25) is 0 Å². The van der Waals surface area contributed by atoms with E-state index in [4.69, 9.17) is 5.11 Å². The predicted octanol–water partition coefficient (Wildman–Crippen LogP) is 3.47. The molecule has 0 bridgehead atoms. The number of carboxylic acids is 1. The second kappa shape index (κ2) is 4.86. The highest BCUT2D eigenvalue weighted by Crippen LogP contribution is 2.39. The topological polar surface area (TPSA) is 37.3 Å². The van der Waals surface area contributed by atoms with Crippen molar-refractivity contribution in [3.63, 3.8) is 0 Å². The molecule has 5 heteroatoms. The lowest BCUT2D eigenvalue weighted by molar-refractivity contribution is -0.187. The Morgan fingerprint density at radius 3 is 2.00 bits per heavy atom. The van der Waals surface area contributed by atoms with E-state index in [-0.39, 0.29) is 19.3 Å². The van der Waals surface area contributed by atoms with Crippen LogP contribution in [0.25, 0.3) is 0 Å². The average Bonchev–Trinajstić information content (AvgIpc) is 2.11. The van der Waals surface area contributed by atoms with Gasteiger partial charge in [-0.05, 0) is 26.2 Å². The van der Waals surface area contributed by atoms with Crippen LogP contribution in [0.3, 0.4) is 0 Å². The Morgan fingerprint density at radius 1 is 1.33 bits per heavy atom. The lowest BCUT2D eigenvalue weighted by Gasteiger charge is -2.29. The summed E-state index contributed by atoms with van der Waals surface area (Å²) in [4.78, 5) is 10.9. The van der Waals surface area contributed by atoms with Gasteiger partial charge in [0.15, 0.2) is 0 Å². The van der Waals surface area contributed by atoms with Gasteiger partial charge >= 0.3 is 12.1 Å². The zero-order valence-corrected chi connectivity index (χ0v) is 9.19. The molecule has 0 saturated heterocycles. The molecule has 2 atom stereocenters. The molecule has 2 unspecified atom stereocenters. The molecular weight excluding hydrogens is 209 g/mol. The summed E-state index contributed by atoms with van der Waals surface area (Å²) in [5.41, 5.74) is -1.28. The van der Waals surface area contributed by atoms with Gasteiger partial charge in [-0.3, -0.25) is 4.79 Å². The zero-order chi connectivity index (χ0) is 12.3. The number of hydrogen-bond donors (Lipinski definition) is 1. The first kappa shape index (κ1) is 14.3. The number of halogens is 3. The Balaban J connectivity index is 4.73. The fourth-order valence-corrected chi connectivity index (χ4v) is 1.42. The normalized spacial score (nSPS) is 18.3. The first-order chi connectivity index (χ1) is 6.67. The van der Waals surface area contributed by atoms with Crippen molar-refractivity contribution < 1.29 is 23.1 Å². The number of alkyl halides is 3. The lowest BCUT2D eigenvalue weighted by Crippen LogP contribution is -2.34. The van der Waals surface area contributed by atoms with Crippen molar-refractivity contribution >= 4 is 5.97 Å². The van der Waals surface area contributed by atoms with Gasteiger partial charge in [-0.15, -0.1) is 0 Å². The largest absolute Gasteiger partial charge is 0.481 e. The van der Waals surface area contributed by atoms with Crippen LogP contribution < -0.4 is 0 Å². The van der Waals surface area contributed by atoms with Crippen LogP contribution in [0, 0.1) is 11.3 Å². The minimum atomic E-state index is -4.30. The van der Waals surface area contributed by atoms with E-state index in [1.807, 2.05) is 0 Å². The molecule has 0 aliphatic heterocycles. The Hall–Kier alpha value is -0.740. The van der Waals surface area contributed by atoms with Gasteiger partial charge in [-0.2, -0.15) is 13.2 Å². The summed E-state index contributed by atoms with van der Waals surface area (Å²) in [5, 5.41) is 8.88. The summed E-state index contributed by atoms with van der Waals surface area (Å²) >= 11 is 0. The van der Waals surface area contributed by atoms with Gasteiger partial charge in [0.1, 0.15) is 0 Å². The molecule has 15 heavy (non-hydrogen) atoms. The average molecular weight is 226 g/mol. The minimum Gasteiger partial charge on any atom is -0.481 e. The molecule has 0 heterocycles. The third kappa shape index (κ3) is 3.72. The maximum absolute atomic E-state index is 12.5. The Kier molecular flexibility index (Phi) is 4.62. The van der Waals surface area contributed by atoms with Crippen molar-refractivity contribution in [3.05, 3.63) is 0 Å². The number of rotatable bonds is 5. The second-order valence-corrected chi connectivity index (χ2v) is 4.07. The van der Waals surface area contributed by atoms with Crippen molar-refractivity contribution in [1.82, 2.24) is 0 Å². The maximum Gasteiger partial charge on any atom is 0.391 e. The van der Waals surface area contributed by atoms with Crippen LogP contribution >= 0.6 is 0 Å². The molecule has 0 aromatic rings. The van der Waals surface area contributed by atoms with Gasteiger partial charge in [0.25, 0.3) is 0 Å². The summed E-state index contributed by atoms with van der Waals surface area (Å²) in [7, 11) is 0. The van der Waals surface area contributed by atoms with E-state index >= 15 is 0 Å². The van der Waals surface area contributed by atoms with Gasteiger partial charge in [0, 0.05) is 0 Å². The van der Waals surface area contributed by atoms with Crippen LogP contribution in [-0.2, 0) is 4.79 Å². The fourth-order valence-electron chi connectivity index (χ4n) is 1.42. The molecule has 2 nitrogen and oxygen atoms in total. The van der Waals surface area contributed by atoms with Gasteiger partial charge in [0.2, 0.25) is 0 Å². The third-order valence-corrected chi connectivity index (χ3v) is 2.95. The number of carboxylic acid groups (broad SMARTS) is 1. The van der Waals surface area contributed by atoms with E-state index in [9.17, 15) is 18.0 Å². The molecule has 1 N–H and O–H groups in total. The zero-order valence-electron chi connectivity index (χ0n) is 9.19. The van der Waals surface area contributed by atoms with E-state index in [1.165, 1.54) is 13.8 Å². The van der Waals surface area contributed by atoms with Gasteiger partial charge in [0.05, 0.1) is 11.3 Å². The van der Waals surface area contributed by atoms with E-state index in [1.54, 1.807) is 6.92 Å². The minimum absolute atomic E-state index is 0.0770. The molecule has 0 aromatic heterocycles. The van der Waals surface area contributed by atoms with E-state index in [0.29, 0.717) is 0 Å². The van der Waals surface area contributed by atoms with Crippen molar-refractivity contribution in [3.8, 4) is 0 Å². The summed E-state index contributed by atoms with van der Waals surface area (Å²) in [5.74, 6) is -2.69. The fraction of sp³-hybridized carbons (Fsp3) is 0.900. The maximum atomic E-state index is 12.5. The van der Waals surface area contributed by atoms with Crippen LogP contribution in [0.5, 0.6) is 0 Å². The van der Waals surface area contributed by atoms with Crippen molar-refractivity contribution in [2.75, 3.05) is 0 Å². The molecule has 90 valence electrons. The van der Waals surface area contributed by atoms with E-state index < -0.39 is 23.5 Å². The van der Waals surface area contributed by atoms with Gasteiger partial charge in [-0.25, -0.2) is 0 Å². The summed E-state index contributed by atoms with van der Waals surface area (Å²) in [6.45, 7) is 4.39. The van der Waals surface area contributed by atoms with Crippen molar-refractivity contribution in [2.24, 2.45) is 11.3 Å². The molecule has 0 amide bonds. The molecule has 0 radical (unpaired) electrons. The Labute approximate surface area is 87.5 Å². The highest BCUT2D eigenvalue weighted by Gasteiger charge is 2.44. The molecule has 0 rings (SSSR count). The molecule has 0 saturated carbocycles. The lowest BCUT2D eigenvalue weighted by atomic mass is 9.78.